The first-order valence-electron chi connectivity index (χ1n) is 9.39. The minimum Gasteiger partial charge on any atom is -0.388 e. The van der Waals surface area contributed by atoms with Gasteiger partial charge in [0.1, 0.15) is 18.3 Å². The molecule has 1 aliphatic rings. The van der Waals surface area contributed by atoms with Gasteiger partial charge in [0.25, 0.3) is 0 Å². The summed E-state index contributed by atoms with van der Waals surface area (Å²) in [6.07, 6.45) is 7.72. The maximum Gasteiger partial charge on any atom is 0.186 e. The molecule has 3 N–H and O–H groups in total. The lowest BCUT2D eigenvalue weighted by Crippen LogP contribution is -2.57. The van der Waals surface area contributed by atoms with Gasteiger partial charge in [-0.15, -0.1) is 0 Å². The number of unbranched alkanes of at least 4 members (excludes halogenated alkanes) is 9. The van der Waals surface area contributed by atoms with Gasteiger partial charge in [-0.05, 0) is 13.3 Å². The van der Waals surface area contributed by atoms with Crippen molar-refractivity contribution in [2.24, 2.45) is 0 Å². The number of hydrogen-bond donors (Lipinski definition) is 3. The van der Waals surface area contributed by atoms with Crippen molar-refractivity contribution in [3.8, 4) is 0 Å². The van der Waals surface area contributed by atoms with E-state index >= 15 is 0 Å². The minimum atomic E-state index is -1.21. The van der Waals surface area contributed by atoms with Gasteiger partial charge >= 0.3 is 0 Å². The van der Waals surface area contributed by atoms with Crippen molar-refractivity contribution >= 4 is 0 Å². The number of ether oxygens (including phenoxy) is 2. The molecule has 0 saturated carbocycles. The Balaban J connectivity index is 1.96. The van der Waals surface area contributed by atoms with Crippen LogP contribution in [-0.2, 0) is 9.47 Å². The van der Waals surface area contributed by atoms with E-state index in [2.05, 4.69) is 6.92 Å². The third kappa shape index (κ3) is 7.94. The Bertz CT molecular complexity index is 287. The topological polar surface area (TPSA) is 79.2 Å². The molecule has 0 radical (unpaired) electrons. The zero-order valence-corrected chi connectivity index (χ0v) is 14.8. The summed E-state index contributed by atoms with van der Waals surface area (Å²) in [6, 6.07) is 0. The van der Waals surface area contributed by atoms with Gasteiger partial charge in [0.15, 0.2) is 6.29 Å². The third-order valence-electron chi connectivity index (χ3n) is 4.59. The standard InChI is InChI=1S/C18H36O5/c1-3-4-5-6-7-8-9-10-11-12-13-22-18-17(21)16(20)15(19)14(2)23-18/h14-21H,3-13H2,1-2H3/t14?,15-,16-,17?,18+/m0/s1. The molecule has 5 heteroatoms. The highest BCUT2D eigenvalue weighted by Gasteiger charge is 2.42. The summed E-state index contributed by atoms with van der Waals surface area (Å²) in [4.78, 5) is 0. The maximum atomic E-state index is 9.83. The molecule has 23 heavy (non-hydrogen) atoms. The molecule has 1 heterocycles. The van der Waals surface area contributed by atoms with Crippen LogP contribution in [0.1, 0.15) is 78.1 Å². The van der Waals surface area contributed by atoms with Crippen molar-refractivity contribution in [1.29, 1.82) is 0 Å². The lowest BCUT2D eigenvalue weighted by Gasteiger charge is -2.38. The molecule has 0 bridgehead atoms. The van der Waals surface area contributed by atoms with E-state index in [1.165, 1.54) is 51.4 Å². The van der Waals surface area contributed by atoms with Crippen LogP contribution < -0.4 is 0 Å². The van der Waals surface area contributed by atoms with Crippen LogP contribution in [0.25, 0.3) is 0 Å². The highest BCUT2D eigenvalue weighted by Crippen LogP contribution is 2.22. The summed E-state index contributed by atoms with van der Waals surface area (Å²) in [7, 11) is 0. The summed E-state index contributed by atoms with van der Waals surface area (Å²) in [5, 5.41) is 29.1. The Morgan fingerprint density at radius 1 is 0.739 bits per heavy atom. The second kappa shape index (κ2) is 12.2. The molecule has 0 spiro atoms. The fourth-order valence-electron chi connectivity index (χ4n) is 2.94. The molecule has 1 rings (SSSR count). The summed E-state index contributed by atoms with van der Waals surface area (Å²) < 4.78 is 10.9. The molecule has 1 fully saturated rings. The second-order valence-electron chi connectivity index (χ2n) is 6.73. The maximum absolute atomic E-state index is 9.83. The first-order chi connectivity index (χ1) is 11.1. The lowest BCUT2D eigenvalue weighted by molar-refractivity contribution is -0.293. The Hall–Kier alpha value is -0.200. The van der Waals surface area contributed by atoms with Crippen LogP contribution >= 0.6 is 0 Å². The van der Waals surface area contributed by atoms with E-state index in [-0.39, 0.29) is 0 Å². The summed E-state index contributed by atoms with van der Waals surface area (Å²) >= 11 is 0. The van der Waals surface area contributed by atoms with Gasteiger partial charge in [-0.1, -0.05) is 64.7 Å². The fraction of sp³-hybridized carbons (Fsp3) is 1.00. The first-order valence-corrected chi connectivity index (χ1v) is 9.39. The molecule has 5 atom stereocenters. The van der Waals surface area contributed by atoms with Crippen molar-refractivity contribution in [2.75, 3.05) is 6.61 Å². The molecule has 0 aromatic carbocycles. The quantitative estimate of drug-likeness (QED) is 0.479. The van der Waals surface area contributed by atoms with Crippen LogP contribution in [0.4, 0.5) is 0 Å². The number of hydrogen-bond acceptors (Lipinski definition) is 5. The molecule has 5 nitrogen and oxygen atoms in total. The molecule has 1 saturated heterocycles. The number of rotatable bonds is 12. The van der Waals surface area contributed by atoms with Gasteiger partial charge in [0.2, 0.25) is 0 Å². The predicted molar refractivity (Wildman–Crippen MR) is 90.2 cm³/mol. The van der Waals surface area contributed by atoms with Crippen molar-refractivity contribution in [3.63, 3.8) is 0 Å². The van der Waals surface area contributed by atoms with E-state index in [9.17, 15) is 15.3 Å². The molecule has 0 amide bonds. The fourth-order valence-corrected chi connectivity index (χ4v) is 2.94. The molecule has 138 valence electrons. The SMILES string of the molecule is CCCCCCCCCCCCO[C@@H]1OC(C)[C@H](O)[C@H](O)C1O. The van der Waals surface area contributed by atoms with E-state index in [0.717, 1.165) is 12.8 Å². The Morgan fingerprint density at radius 2 is 1.26 bits per heavy atom. The van der Waals surface area contributed by atoms with Crippen LogP contribution in [0, 0.1) is 0 Å². The van der Waals surface area contributed by atoms with E-state index < -0.39 is 30.7 Å². The number of aliphatic hydroxyl groups excluding tert-OH is 3. The van der Waals surface area contributed by atoms with Gasteiger partial charge in [-0.25, -0.2) is 0 Å². The monoisotopic (exact) mass is 332 g/mol. The average molecular weight is 332 g/mol. The zero-order valence-electron chi connectivity index (χ0n) is 14.8. The van der Waals surface area contributed by atoms with Crippen molar-refractivity contribution in [2.45, 2.75) is 109 Å². The Labute approximate surface area is 141 Å². The van der Waals surface area contributed by atoms with Crippen molar-refractivity contribution in [3.05, 3.63) is 0 Å². The first kappa shape index (κ1) is 20.8. The summed E-state index contributed by atoms with van der Waals surface area (Å²) in [5.41, 5.74) is 0. The smallest absolute Gasteiger partial charge is 0.186 e. The second-order valence-corrected chi connectivity index (χ2v) is 6.73. The van der Waals surface area contributed by atoms with Crippen LogP contribution in [-0.4, -0.2) is 52.6 Å². The number of aliphatic hydroxyl groups is 3. The van der Waals surface area contributed by atoms with E-state index in [4.69, 9.17) is 9.47 Å². The molecule has 0 aromatic rings. The predicted octanol–water partition coefficient (Wildman–Crippen LogP) is 2.75. The third-order valence-corrected chi connectivity index (χ3v) is 4.59. The van der Waals surface area contributed by atoms with Crippen LogP contribution in [0.3, 0.4) is 0 Å². The molecular weight excluding hydrogens is 296 g/mol. The molecule has 2 unspecified atom stereocenters. The van der Waals surface area contributed by atoms with E-state index in [1.807, 2.05) is 0 Å². The minimum absolute atomic E-state index is 0.508. The Kier molecular flexibility index (Phi) is 11.1. The Morgan fingerprint density at radius 3 is 1.83 bits per heavy atom. The average Bonchev–Trinajstić information content (AvgIpc) is 2.55. The van der Waals surface area contributed by atoms with Crippen LogP contribution in [0.5, 0.6) is 0 Å². The molecule has 0 aromatic heterocycles. The van der Waals surface area contributed by atoms with Gasteiger partial charge in [-0.3, -0.25) is 0 Å². The highest BCUT2D eigenvalue weighted by molar-refractivity contribution is 4.87. The summed E-state index contributed by atoms with van der Waals surface area (Å²) in [5.74, 6) is 0. The molecule has 1 aliphatic heterocycles. The lowest BCUT2D eigenvalue weighted by atomic mass is 10.00. The van der Waals surface area contributed by atoms with E-state index in [1.54, 1.807) is 6.92 Å². The summed E-state index contributed by atoms with van der Waals surface area (Å²) in [6.45, 7) is 4.41. The van der Waals surface area contributed by atoms with Crippen LogP contribution in [0.2, 0.25) is 0 Å². The van der Waals surface area contributed by atoms with Gasteiger partial charge in [0.05, 0.1) is 6.10 Å². The van der Waals surface area contributed by atoms with Gasteiger partial charge < -0.3 is 24.8 Å². The van der Waals surface area contributed by atoms with Gasteiger partial charge in [0, 0.05) is 6.61 Å². The normalized spacial score (nSPS) is 31.4. The van der Waals surface area contributed by atoms with Crippen molar-refractivity contribution < 1.29 is 24.8 Å². The zero-order chi connectivity index (χ0) is 17.1. The van der Waals surface area contributed by atoms with Gasteiger partial charge in [-0.2, -0.15) is 0 Å². The molecular formula is C18H36O5. The van der Waals surface area contributed by atoms with Crippen molar-refractivity contribution in [1.82, 2.24) is 0 Å². The molecule has 0 aliphatic carbocycles. The van der Waals surface area contributed by atoms with E-state index in [0.29, 0.717) is 6.61 Å². The largest absolute Gasteiger partial charge is 0.388 e. The van der Waals surface area contributed by atoms with Crippen LogP contribution in [0.15, 0.2) is 0 Å². The highest BCUT2D eigenvalue weighted by atomic mass is 16.7.